The molecule has 0 saturated carbocycles. The monoisotopic (exact) mass is 251 g/mol. The van der Waals surface area contributed by atoms with Gasteiger partial charge in [-0.1, -0.05) is 36.7 Å². The summed E-state index contributed by atoms with van der Waals surface area (Å²) >= 11 is 6.02. The van der Waals surface area contributed by atoms with Crippen molar-refractivity contribution in [2.75, 3.05) is 6.54 Å². The van der Waals surface area contributed by atoms with E-state index in [1.54, 1.807) is 6.92 Å². The van der Waals surface area contributed by atoms with Crippen molar-refractivity contribution in [3.05, 3.63) is 34.9 Å². The fourth-order valence-electron chi connectivity index (χ4n) is 2.02. The van der Waals surface area contributed by atoms with Gasteiger partial charge in [-0.25, -0.2) is 0 Å². The summed E-state index contributed by atoms with van der Waals surface area (Å²) in [5.74, 6) is -0.314. The summed E-state index contributed by atoms with van der Waals surface area (Å²) < 4.78 is 0. The van der Waals surface area contributed by atoms with Crippen LogP contribution in [0.3, 0.4) is 0 Å². The average Bonchev–Trinajstić information content (AvgIpc) is 2.53. The summed E-state index contributed by atoms with van der Waals surface area (Å²) in [4.78, 5) is 24.6. The lowest BCUT2D eigenvalue weighted by Crippen LogP contribution is -2.32. The topological polar surface area (TPSA) is 37.4 Å². The lowest BCUT2D eigenvalue weighted by Gasteiger charge is -2.14. The number of nitrogens with zero attached hydrogens (tertiary/aromatic N) is 1. The van der Waals surface area contributed by atoms with Crippen molar-refractivity contribution in [3.8, 4) is 0 Å². The van der Waals surface area contributed by atoms with Gasteiger partial charge in [-0.15, -0.1) is 0 Å². The summed E-state index contributed by atoms with van der Waals surface area (Å²) in [6, 6.07) is 7.49. The van der Waals surface area contributed by atoms with Gasteiger partial charge in [0.05, 0.1) is 0 Å². The Morgan fingerprint density at radius 1 is 1.35 bits per heavy atom. The highest BCUT2D eigenvalue weighted by molar-refractivity contribution is 6.31. The smallest absolute Gasteiger partial charge is 0.232 e. The third-order valence-electron chi connectivity index (χ3n) is 3.03. The van der Waals surface area contributed by atoms with Gasteiger partial charge in [0.25, 0.3) is 0 Å². The van der Waals surface area contributed by atoms with Crippen LogP contribution in [0, 0.1) is 5.92 Å². The molecule has 1 aromatic rings. The van der Waals surface area contributed by atoms with Crippen molar-refractivity contribution in [1.82, 2.24) is 4.90 Å². The molecule has 1 fully saturated rings. The number of imide groups is 1. The zero-order chi connectivity index (χ0) is 12.4. The van der Waals surface area contributed by atoms with Gasteiger partial charge in [-0.2, -0.15) is 0 Å². The molecule has 90 valence electrons. The molecule has 1 unspecified atom stereocenters. The first-order chi connectivity index (χ1) is 8.09. The molecule has 3 nitrogen and oxygen atoms in total. The Morgan fingerprint density at radius 3 is 2.65 bits per heavy atom. The quantitative estimate of drug-likeness (QED) is 0.773. The second kappa shape index (κ2) is 4.88. The van der Waals surface area contributed by atoms with Crippen LogP contribution in [0.25, 0.3) is 0 Å². The maximum Gasteiger partial charge on any atom is 0.232 e. The molecule has 0 aliphatic carbocycles. The Hall–Kier alpha value is -1.35. The van der Waals surface area contributed by atoms with Gasteiger partial charge in [0.2, 0.25) is 11.8 Å². The number of hydrogen-bond acceptors (Lipinski definition) is 2. The van der Waals surface area contributed by atoms with Gasteiger partial charge in [0.1, 0.15) is 0 Å². The number of halogens is 1. The van der Waals surface area contributed by atoms with Gasteiger partial charge < -0.3 is 0 Å². The van der Waals surface area contributed by atoms with Crippen molar-refractivity contribution < 1.29 is 9.59 Å². The predicted octanol–water partition coefficient (Wildman–Crippen LogP) is 2.28. The summed E-state index contributed by atoms with van der Waals surface area (Å²) in [6.45, 7) is 2.21. The van der Waals surface area contributed by atoms with Crippen molar-refractivity contribution in [2.24, 2.45) is 5.92 Å². The normalized spacial score (nSPS) is 20.1. The Morgan fingerprint density at radius 2 is 2.06 bits per heavy atom. The van der Waals surface area contributed by atoms with E-state index in [-0.39, 0.29) is 17.7 Å². The van der Waals surface area contributed by atoms with Crippen LogP contribution in [-0.2, 0) is 16.0 Å². The van der Waals surface area contributed by atoms with Gasteiger partial charge in [-0.05, 0) is 18.1 Å². The Labute approximate surface area is 105 Å². The van der Waals surface area contributed by atoms with Crippen LogP contribution in [0.1, 0.15) is 18.9 Å². The number of benzene rings is 1. The lowest BCUT2D eigenvalue weighted by atomic mass is 10.1. The molecule has 2 rings (SSSR count). The lowest BCUT2D eigenvalue weighted by molar-refractivity contribution is -0.139. The van der Waals surface area contributed by atoms with Crippen molar-refractivity contribution >= 4 is 23.4 Å². The van der Waals surface area contributed by atoms with Crippen LogP contribution in [0.15, 0.2) is 24.3 Å². The second-order valence-electron chi connectivity index (χ2n) is 4.33. The fourth-order valence-corrected chi connectivity index (χ4v) is 2.25. The molecule has 1 aromatic carbocycles. The zero-order valence-electron chi connectivity index (χ0n) is 9.65. The van der Waals surface area contributed by atoms with E-state index in [1.165, 1.54) is 4.90 Å². The van der Waals surface area contributed by atoms with Gasteiger partial charge in [0.15, 0.2) is 0 Å². The molecule has 0 N–H and O–H groups in total. The molecule has 17 heavy (non-hydrogen) atoms. The fraction of sp³-hybridized carbons (Fsp3) is 0.385. The largest absolute Gasteiger partial charge is 0.282 e. The molecule has 0 spiro atoms. The number of likely N-dealkylation sites (tertiary alicyclic amines) is 1. The molecule has 0 radical (unpaired) electrons. The van der Waals surface area contributed by atoms with Crippen LogP contribution >= 0.6 is 11.6 Å². The Bertz CT molecular complexity index is 458. The highest BCUT2D eigenvalue weighted by atomic mass is 35.5. The van der Waals surface area contributed by atoms with E-state index in [0.717, 1.165) is 5.56 Å². The molecule has 1 heterocycles. The van der Waals surface area contributed by atoms with E-state index in [0.29, 0.717) is 24.4 Å². The molecule has 1 atom stereocenters. The minimum absolute atomic E-state index is 0.0675. The van der Waals surface area contributed by atoms with Gasteiger partial charge >= 0.3 is 0 Å². The Kier molecular flexibility index (Phi) is 3.48. The van der Waals surface area contributed by atoms with Crippen LogP contribution in [-0.4, -0.2) is 23.3 Å². The summed E-state index contributed by atoms with van der Waals surface area (Å²) in [5.41, 5.74) is 0.967. The van der Waals surface area contributed by atoms with Crippen LogP contribution < -0.4 is 0 Å². The Balaban J connectivity index is 2.02. The van der Waals surface area contributed by atoms with E-state index in [4.69, 9.17) is 11.6 Å². The first kappa shape index (κ1) is 12.1. The molecule has 0 aromatic heterocycles. The first-order valence-electron chi connectivity index (χ1n) is 5.67. The van der Waals surface area contributed by atoms with Crippen molar-refractivity contribution in [1.29, 1.82) is 0 Å². The first-order valence-corrected chi connectivity index (χ1v) is 6.05. The van der Waals surface area contributed by atoms with Gasteiger partial charge in [-0.3, -0.25) is 14.5 Å². The maximum absolute atomic E-state index is 11.7. The highest BCUT2D eigenvalue weighted by Crippen LogP contribution is 2.21. The second-order valence-corrected chi connectivity index (χ2v) is 4.74. The average molecular weight is 252 g/mol. The predicted molar refractivity (Wildman–Crippen MR) is 65.7 cm³/mol. The van der Waals surface area contributed by atoms with E-state index in [9.17, 15) is 9.59 Å². The molecule has 1 aliphatic rings. The molecular formula is C13H14ClNO2. The highest BCUT2D eigenvalue weighted by Gasteiger charge is 2.34. The summed E-state index contributed by atoms with van der Waals surface area (Å²) in [7, 11) is 0. The summed E-state index contributed by atoms with van der Waals surface area (Å²) in [5, 5.41) is 0.680. The maximum atomic E-state index is 11.7. The number of carbonyl (C=O) groups excluding carboxylic acids is 2. The zero-order valence-corrected chi connectivity index (χ0v) is 10.4. The molecule has 4 heteroatoms. The van der Waals surface area contributed by atoms with E-state index in [1.807, 2.05) is 24.3 Å². The number of amides is 2. The van der Waals surface area contributed by atoms with Crippen LogP contribution in [0.4, 0.5) is 0 Å². The molecule has 2 amide bonds. The van der Waals surface area contributed by atoms with E-state index in [2.05, 4.69) is 0 Å². The minimum atomic E-state index is -0.172. The molecule has 1 saturated heterocycles. The number of rotatable bonds is 3. The van der Waals surface area contributed by atoms with Crippen LogP contribution in [0.2, 0.25) is 5.02 Å². The molecule has 0 bridgehead atoms. The molecule has 1 aliphatic heterocycles. The third-order valence-corrected chi connectivity index (χ3v) is 3.40. The van der Waals surface area contributed by atoms with Crippen molar-refractivity contribution in [2.45, 2.75) is 19.8 Å². The molecular weight excluding hydrogens is 238 g/mol. The standard InChI is InChI=1S/C13H14ClNO2/c1-9-8-12(16)15(13(9)17)7-6-10-4-2-3-5-11(10)14/h2-5,9H,6-8H2,1H3. The number of hydrogen-bond donors (Lipinski definition) is 0. The van der Waals surface area contributed by atoms with Gasteiger partial charge in [0, 0.05) is 23.9 Å². The van der Waals surface area contributed by atoms with Crippen LogP contribution in [0.5, 0.6) is 0 Å². The van der Waals surface area contributed by atoms with E-state index >= 15 is 0 Å². The third kappa shape index (κ3) is 2.50. The summed E-state index contributed by atoms with van der Waals surface area (Å²) in [6.07, 6.45) is 0.950. The van der Waals surface area contributed by atoms with Crippen molar-refractivity contribution in [3.63, 3.8) is 0 Å². The number of carbonyl (C=O) groups is 2. The minimum Gasteiger partial charge on any atom is -0.282 e. The van der Waals surface area contributed by atoms with E-state index < -0.39 is 0 Å². The SMILES string of the molecule is CC1CC(=O)N(CCc2ccccc2Cl)C1=O.